The molecule has 0 bridgehead atoms. The molecule has 4 nitrogen and oxygen atoms in total. The third-order valence-corrected chi connectivity index (χ3v) is 4.03. The second-order valence-electron chi connectivity index (χ2n) is 4.91. The van der Waals surface area contributed by atoms with Crippen molar-refractivity contribution in [1.29, 1.82) is 5.41 Å². The Labute approximate surface area is 141 Å². The highest BCUT2D eigenvalue weighted by Gasteiger charge is 2.31. The summed E-state index contributed by atoms with van der Waals surface area (Å²) in [5, 5.41) is 8.45. The molecule has 0 aliphatic rings. The van der Waals surface area contributed by atoms with E-state index < -0.39 is 17.6 Å². The van der Waals surface area contributed by atoms with Gasteiger partial charge in [0, 0.05) is 16.6 Å². The molecule has 0 fully saturated rings. The summed E-state index contributed by atoms with van der Waals surface area (Å²) in [7, 11) is 0. The van der Waals surface area contributed by atoms with Gasteiger partial charge in [-0.1, -0.05) is 18.3 Å². The molecule has 0 amide bonds. The van der Waals surface area contributed by atoms with E-state index >= 15 is 0 Å². The maximum Gasteiger partial charge on any atom is 0.430 e. The third-order valence-electron chi connectivity index (χ3n) is 2.98. The van der Waals surface area contributed by atoms with Crippen LogP contribution < -0.4 is 10.5 Å². The quantitative estimate of drug-likeness (QED) is 0.756. The van der Waals surface area contributed by atoms with E-state index in [4.69, 9.17) is 15.9 Å². The Morgan fingerprint density at radius 3 is 2.67 bits per heavy atom. The molecule has 2 aromatic rings. The van der Waals surface area contributed by atoms with Crippen LogP contribution >= 0.6 is 11.3 Å². The maximum atomic E-state index is 12.4. The van der Waals surface area contributed by atoms with Crippen LogP contribution in [0.5, 0.6) is 5.06 Å². The topological polar surface area (TPSA) is 72.0 Å². The Kier molecular flexibility index (Phi) is 5.61. The molecule has 2 heterocycles. The Balaban J connectivity index is 2.13. The fraction of sp³-hybridized carbons (Fsp3) is 0.250. The van der Waals surface area contributed by atoms with Crippen LogP contribution in [0.2, 0.25) is 0 Å². The van der Waals surface area contributed by atoms with Crippen LogP contribution in [0.25, 0.3) is 10.4 Å². The zero-order valence-electron chi connectivity index (χ0n) is 12.9. The number of pyridine rings is 1. The SMILES string of the molecule is CCCOc1ccc(-c2ccc(C(=N)C=C(N)C(F)(F)F)nc2)s1. The van der Waals surface area contributed by atoms with Crippen molar-refractivity contribution in [2.24, 2.45) is 5.73 Å². The standard InChI is InChI=1S/C16H16F3N3OS/c1-2-7-23-15-6-5-13(24-15)10-3-4-12(22-9-10)11(20)8-14(21)16(17,18)19/h3-6,8-9,20H,2,7,21H2,1H3. The van der Waals surface area contributed by atoms with Gasteiger partial charge in [0.15, 0.2) is 5.06 Å². The van der Waals surface area contributed by atoms with Crippen molar-refractivity contribution >= 4 is 17.0 Å². The average molecular weight is 355 g/mol. The van der Waals surface area contributed by atoms with Crippen molar-refractivity contribution in [2.45, 2.75) is 19.5 Å². The molecular weight excluding hydrogens is 339 g/mol. The van der Waals surface area contributed by atoms with Gasteiger partial charge in [0.25, 0.3) is 0 Å². The van der Waals surface area contributed by atoms with E-state index in [9.17, 15) is 13.2 Å². The van der Waals surface area contributed by atoms with Gasteiger partial charge in [-0.25, -0.2) is 0 Å². The van der Waals surface area contributed by atoms with E-state index in [0.29, 0.717) is 12.7 Å². The number of nitrogens with one attached hydrogen (secondary N) is 1. The molecule has 0 aromatic carbocycles. The van der Waals surface area contributed by atoms with Crippen molar-refractivity contribution in [1.82, 2.24) is 4.98 Å². The predicted octanol–water partition coefficient (Wildman–Crippen LogP) is 4.37. The molecule has 0 spiro atoms. The molecule has 128 valence electrons. The van der Waals surface area contributed by atoms with Crippen molar-refractivity contribution in [3.05, 3.63) is 47.9 Å². The second kappa shape index (κ2) is 7.48. The fourth-order valence-corrected chi connectivity index (χ4v) is 2.64. The minimum atomic E-state index is -4.65. The second-order valence-corrected chi connectivity index (χ2v) is 5.96. The summed E-state index contributed by atoms with van der Waals surface area (Å²) in [6.07, 6.45) is -1.67. The van der Waals surface area contributed by atoms with Crippen LogP contribution in [-0.2, 0) is 0 Å². The van der Waals surface area contributed by atoms with E-state index in [1.54, 1.807) is 6.07 Å². The molecule has 8 heteroatoms. The van der Waals surface area contributed by atoms with Gasteiger partial charge in [0.2, 0.25) is 0 Å². The summed E-state index contributed by atoms with van der Waals surface area (Å²) in [4.78, 5) is 4.96. The largest absolute Gasteiger partial charge is 0.484 e. The van der Waals surface area contributed by atoms with E-state index in [2.05, 4.69) is 4.98 Å². The maximum absolute atomic E-state index is 12.4. The van der Waals surface area contributed by atoms with Gasteiger partial charge in [-0.15, -0.1) is 0 Å². The van der Waals surface area contributed by atoms with E-state index in [1.165, 1.54) is 23.6 Å². The van der Waals surface area contributed by atoms with Gasteiger partial charge in [-0.2, -0.15) is 13.2 Å². The highest BCUT2D eigenvalue weighted by molar-refractivity contribution is 7.17. The number of aromatic nitrogens is 1. The summed E-state index contributed by atoms with van der Waals surface area (Å²) in [5.41, 5.74) is 4.11. The van der Waals surface area contributed by atoms with Crippen molar-refractivity contribution in [2.75, 3.05) is 6.61 Å². The summed E-state index contributed by atoms with van der Waals surface area (Å²) >= 11 is 1.46. The summed E-state index contributed by atoms with van der Waals surface area (Å²) in [5.74, 6) is 0. The lowest BCUT2D eigenvalue weighted by molar-refractivity contribution is -0.0925. The molecular formula is C16H16F3N3OS. The van der Waals surface area contributed by atoms with Gasteiger partial charge in [0.05, 0.1) is 18.0 Å². The van der Waals surface area contributed by atoms with E-state index in [1.807, 2.05) is 19.1 Å². The van der Waals surface area contributed by atoms with Crippen LogP contribution in [0, 0.1) is 5.41 Å². The first-order valence-corrected chi connectivity index (χ1v) is 7.95. The van der Waals surface area contributed by atoms with Crippen LogP contribution in [-0.4, -0.2) is 23.5 Å². The lowest BCUT2D eigenvalue weighted by Gasteiger charge is -2.06. The number of allylic oxidation sites excluding steroid dienone is 2. The smallest absolute Gasteiger partial charge is 0.430 e. The van der Waals surface area contributed by atoms with Crippen molar-refractivity contribution in [3.8, 4) is 15.5 Å². The first-order valence-electron chi connectivity index (χ1n) is 7.13. The van der Waals surface area contributed by atoms with Crippen LogP contribution in [0.1, 0.15) is 19.0 Å². The minimum Gasteiger partial charge on any atom is -0.484 e. The molecule has 0 unspecified atom stereocenters. The van der Waals surface area contributed by atoms with Gasteiger partial charge in [0.1, 0.15) is 5.70 Å². The Bertz CT molecular complexity index is 736. The highest BCUT2D eigenvalue weighted by atomic mass is 32.1. The zero-order chi connectivity index (χ0) is 17.7. The first-order chi connectivity index (χ1) is 11.3. The number of hydrogen-bond donors (Lipinski definition) is 2. The highest BCUT2D eigenvalue weighted by Crippen LogP contribution is 2.32. The molecule has 0 aliphatic heterocycles. The van der Waals surface area contributed by atoms with Crippen LogP contribution in [0.3, 0.4) is 0 Å². The summed E-state index contributed by atoms with van der Waals surface area (Å²) in [6, 6.07) is 6.94. The molecule has 2 rings (SSSR count). The molecule has 3 N–H and O–H groups in total. The molecule has 0 saturated heterocycles. The molecule has 0 radical (unpaired) electrons. The normalized spacial score (nSPS) is 12.2. The van der Waals surface area contributed by atoms with Crippen LogP contribution in [0.4, 0.5) is 13.2 Å². The Morgan fingerprint density at radius 2 is 2.08 bits per heavy atom. The molecule has 0 atom stereocenters. The first kappa shape index (κ1) is 18.0. The molecule has 2 aromatic heterocycles. The van der Waals surface area contributed by atoms with Crippen LogP contribution in [0.15, 0.2) is 42.2 Å². The number of rotatable bonds is 6. The Morgan fingerprint density at radius 1 is 1.33 bits per heavy atom. The monoisotopic (exact) mass is 355 g/mol. The number of hydrogen-bond acceptors (Lipinski definition) is 5. The minimum absolute atomic E-state index is 0.116. The van der Waals surface area contributed by atoms with Gasteiger partial charge in [-0.05, 0) is 36.8 Å². The van der Waals surface area contributed by atoms with Gasteiger partial charge >= 0.3 is 6.18 Å². The number of thiophene rings is 1. The van der Waals surface area contributed by atoms with Gasteiger partial charge in [-0.3, -0.25) is 10.4 Å². The number of alkyl halides is 3. The number of ether oxygens (including phenoxy) is 1. The van der Waals surface area contributed by atoms with E-state index in [0.717, 1.165) is 21.9 Å². The Hall–Kier alpha value is -2.35. The summed E-state index contributed by atoms with van der Waals surface area (Å²) in [6.45, 7) is 2.66. The fourth-order valence-electron chi connectivity index (χ4n) is 1.77. The lowest BCUT2D eigenvalue weighted by Crippen LogP contribution is -2.20. The molecule has 24 heavy (non-hydrogen) atoms. The number of halogens is 3. The van der Waals surface area contributed by atoms with Crippen molar-refractivity contribution in [3.63, 3.8) is 0 Å². The molecule has 0 saturated carbocycles. The van der Waals surface area contributed by atoms with E-state index in [-0.39, 0.29) is 5.69 Å². The lowest BCUT2D eigenvalue weighted by atomic mass is 10.1. The third kappa shape index (κ3) is 4.58. The average Bonchev–Trinajstić information content (AvgIpc) is 3.01. The number of nitrogens with zero attached hydrogens (tertiary/aromatic N) is 1. The van der Waals surface area contributed by atoms with Crippen molar-refractivity contribution < 1.29 is 17.9 Å². The zero-order valence-corrected chi connectivity index (χ0v) is 13.7. The molecule has 0 aliphatic carbocycles. The predicted molar refractivity (Wildman–Crippen MR) is 88.5 cm³/mol. The number of nitrogens with two attached hydrogens (primary N) is 1. The van der Waals surface area contributed by atoms with Gasteiger partial charge < -0.3 is 10.5 Å². The summed E-state index contributed by atoms with van der Waals surface area (Å²) < 4.78 is 42.7.